The first-order valence-corrected chi connectivity index (χ1v) is 8.20. The van der Waals surface area contributed by atoms with Crippen molar-refractivity contribution in [1.29, 1.82) is 0 Å². The van der Waals surface area contributed by atoms with Crippen molar-refractivity contribution < 1.29 is 13.2 Å². The van der Waals surface area contributed by atoms with Gasteiger partial charge in [-0.25, -0.2) is 18.5 Å². The van der Waals surface area contributed by atoms with Gasteiger partial charge in [-0.1, -0.05) is 6.92 Å². The van der Waals surface area contributed by atoms with Crippen molar-refractivity contribution in [3.63, 3.8) is 0 Å². The third-order valence-corrected chi connectivity index (χ3v) is 4.49. The summed E-state index contributed by atoms with van der Waals surface area (Å²) in [6.07, 6.45) is 5.17. The van der Waals surface area contributed by atoms with Crippen LogP contribution < -0.4 is 10.5 Å². The van der Waals surface area contributed by atoms with E-state index >= 15 is 0 Å². The molecule has 7 heteroatoms. The molecule has 0 aromatic carbocycles. The number of aromatic nitrogens is 1. The predicted octanol–water partition coefficient (Wildman–Crippen LogP) is 1.49. The molecule has 1 saturated carbocycles. The molecule has 6 nitrogen and oxygen atoms in total. The smallest absolute Gasteiger partial charge is 0.255 e. The molecule has 1 aliphatic rings. The number of pyridine rings is 1. The normalized spacial score (nSPS) is 23.3. The largest absolute Gasteiger partial charge is 0.326 e. The van der Waals surface area contributed by atoms with Crippen molar-refractivity contribution in [3.8, 4) is 0 Å². The Labute approximate surface area is 118 Å². The average molecular weight is 297 g/mol. The van der Waals surface area contributed by atoms with Crippen LogP contribution in [0.2, 0.25) is 0 Å². The predicted molar refractivity (Wildman–Crippen MR) is 75.4 cm³/mol. The van der Waals surface area contributed by atoms with Crippen LogP contribution in [0.15, 0.2) is 23.4 Å². The summed E-state index contributed by atoms with van der Waals surface area (Å²) in [5.41, 5.74) is 0.410. The van der Waals surface area contributed by atoms with E-state index in [2.05, 4.69) is 17.2 Å². The molecule has 0 aliphatic heterocycles. The van der Waals surface area contributed by atoms with Crippen molar-refractivity contribution in [3.05, 3.63) is 18.3 Å². The molecule has 1 amide bonds. The second-order valence-corrected chi connectivity index (χ2v) is 6.88. The van der Waals surface area contributed by atoms with Crippen LogP contribution >= 0.6 is 0 Å². The first kappa shape index (κ1) is 14.9. The van der Waals surface area contributed by atoms with Gasteiger partial charge < -0.3 is 5.32 Å². The molecule has 0 spiro atoms. The fourth-order valence-electron chi connectivity index (χ4n) is 2.41. The van der Waals surface area contributed by atoms with Gasteiger partial charge in [0.1, 0.15) is 0 Å². The molecule has 0 bridgehead atoms. The van der Waals surface area contributed by atoms with Gasteiger partial charge in [-0.2, -0.15) is 0 Å². The molecule has 1 fully saturated rings. The van der Waals surface area contributed by atoms with E-state index in [0.29, 0.717) is 11.6 Å². The molecule has 1 aliphatic carbocycles. The van der Waals surface area contributed by atoms with Crippen LogP contribution in [0.1, 0.15) is 32.6 Å². The minimum Gasteiger partial charge on any atom is -0.326 e. The van der Waals surface area contributed by atoms with Gasteiger partial charge in [0.25, 0.3) is 10.0 Å². The molecule has 1 aromatic heterocycles. The number of hydrogen-bond donors (Lipinski definition) is 2. The lowest BCUT2D eigenvalue weighted by atomic mass is 9.82. The molecule has 0 atom stereocenters. The maximum absolute atomic E-state index is 12.1. The van der Waals surface area contributed by atoms with Crippen molar-refractivity contribution >= 4 is 21.6 Å². The number of hydrogen-bond acceptors (Lipinski definition) is 4. The minimum absolute atomic E-state index is 0.00250. The number of rotatable bonds is 3. The second kappa shape index (κ2) is 5.88. The quantitative estimate of drug-likeness (QED) is 0.882. The van der Waals surface area contributed by atoms with E-state index in [1.54, 1.807) is 6.07 Å². The van der Waals surface area contributed by atoms with Crippen LogP contribution in [0, 0.1) is 11.8 Å². The first-order chi connectivity index (χ1) is 9.36. The highest BCUT2D eigenvalue weighted by Crippen LogP contribution is 2.29. The Hall–Kier alpha value is -1.47. The van der Waals surface area contributed by atoms with Crippen molar-refractivity contribution in [2.75, 3.05) is 5.32 Å². The summed E-state index contributed by atoms with van der Waals surface area (Å²) >= 11 is 0. The highest BCUT2D eigenvalue weighted by atomic mass is 32.2. The second-order valence-electron chi connectivity index (χ2n) is 5.37. The third-order valence-electron chi connectivity index (χ3n) is 3.68. The number of carbonyl (C=O) groups excluding carboxylic acids is 1. The third kappa shape index (κ3) is 3.77. The fraction of sp³-hybridized carbons (Fsp3) is 0.538. The number of anilines is 1. The molecular weight excluding hydrogens is 278 g/mol. The number of primary sulfonamides is 1. The summed E-state index contributed by atoms with van der Waals surface area (Å²) in [5, 5.41) is 7.51. The summed E-state index contributed by atoms with van der Waals surface area (Å²) in [4.78, 5) is 15.8. The number of sulfonamides is 1. The Morgan fingerprint density at radius 3 is 2.60 bits per heavy atom. The lowest BCUT2D eigenvalue weighted by Gasteiger charge is -2.25. The zero-order valence-electron chi connectivity index (χ0n) is 11.4. The zero-order valence-corrected chi connectivity index (χ0v) is 12.2. The van der Waals surface area contributed by atoms with E-state index in [1.165, 1.54) is 12.3 Å². The van der Waals surface area contributed by atoms with Crippen LogP contribution in [0.5, 0.6) is 0 Å². The number of carbonyl (C=O) groups is 1. The van der Waals surface area contributed by atoms with Crippen LogP contribution in [0.3, 0.4) is 0 Å². The summed E-state index contributed by atoms with van der Waals surface area (Å²) in [7, 11) is -3.86. The lowest BCUT2D eigenvalue weighted by molar-refractivity contribution is -0.121. The molecular formula is C13H19N3O3S. The molecule has 20 heavy (non-hydrogen) atoms. The van der Waals surface area contributed by atoms with E-state index in [4.69, 9.17) is 5.14 Å². The molecule has 0 saturated heterocycles. The fourth-order valence-corrected chi connectivity index (χ4v) is 2.91. The van der Waals surface area contributed by atoms with Crippen molar-refractivity contribution in [1.82, 2.24) is 4.98 Å². The van der Waals surface area contributed by atoms with Crippen molar-refractivity contribution in [2.24, 2.45) is 17.0 Å². The Morgan fingerprint density at radius 2 is 2.00 bits per heavy atom. The van der Waals surface area contributed by atoms with Gasteiger partial charge in [0.05, 0.1) is 0 Å². The summed E-state index contributed by atoms with van der Waals surface area (Å²) in [6, 6.07) is 2.83. The van der Waals surface area contributed by atoms with E-state index in [-0.39, 0.29) is 16.9 Å². The molecule has 0 radical (unpaired) electrons. The number of nitrogens with zero attached hydrogens (tertiary/aromatic N) is 1. The standard InChI is InChI=1S/C13H19N3O3S/c1-9-2-4-10(5-3-9)13(17)16-11-6-7-15-12(8-11)20(14,18)19/h6-10H,2-5H2,1H3,(H2,14,18,19)(H,15,16,17). The Bertz CT molecular complexity index is 593. The van der Waals surface area contributed by atoms with E-state index in [9.17, 15) is 13.2 Å². The van der Waals surface area contributed by atoms with Crippen LogP contribution in [-0.4, -0.2) is 19.3 Å². The maximum Gasteiger partial charge on any atom is 0.255 e. The van der Waals surface area contributed by atoms with Gasteiger partial charge in [-0.15, -0.1) is 0 Å². The molecule has 3 N–H and O–H groups in total. The summed E-state index contributed by atoms with van der Waals surface area (Å²) in [6.45, 7) is 2.19. The van der Waals surface area contributed by atoms with Crippen LogP contribution in [0.25, 0.3) is 0 Å². The highest BCUT2D eigenvalue weighted by Gasteiger charge is 2.24. The molecule has 0 unspecified atom stereocenters. The van der Waals surface area contributed by atoms with Gasteiger partial charge >= 0.3 is 0 Å². The molecule has 1 aromatic rings. The van der Waals surface area contributed by atoms with Crippen LogP contribution in [-0.2, 0) is 14.8 Å². The SMILES string of the molecule is CC1CCC(C(=O)Nc2ccnc(S(N)(=O)=O)c2)CC1. The summed E-state index contributed by atoms with van der Waals surface area (Å²) in [5.74, 6) is 0.606. The van der Waals surface area contributed by atoms with Gasteiger partial charge in [0.2, 0.25) is 5.91 Å². The number of nitrogens with two attached hydrogens (primary N) is 1. The van der Waals surface area contributed by atoms with Crippen LogP contribution in [0.4, 0.5) is 5.69 Å². The van der Waals surface area contributed by atoms with E-state index in [1.807, 2.05) is 0 Å². The van der Waals surface area contributed by atoms with E-state index < -0.39 is 10.0 Å². The van der Waals surface area contributed by atoms with Gasteiger partial charge in [-0.05, 0) is 37.7 Å². The number of nitrogens with one attached hydrogen (secondary N) is 1. The van der Waals surface area contributed by atoms with Crippen molar-refractivity contribution in [2.45, 2.75) is 37.6 Å². The molecule has 1 heterocycles. The monoisotopic (exact) mass is 297 g/mol. The lowest BCUT2D eigenvalue weighted by Crippen LogP contribution is -2.26. The summed E-state index contributed by atoms with van der Waals surface area (Å²) < 4.78 is 22.4. The first-order valence-electron chi connectivity index (χ1n) is 6.66. The Balaban J connectivity index is 2.05. The topological polar surface area (TPSA) is 102 Å². The molecule has 110 valence electrons. The van der Waals surface area contributed by atoms with Gasteiger partial charge in [0, 0.05) is 23.9 Å². The Morgan fingerprint density at radius 1 is 1.35 bits per heavy atom. The Kier molecular flexibility index (Phi) is 4.39. The maximum atomic E-state index is 12.1. The average Bonchev–Trinajstić information content (AvgIpc) is 2.38. The van der Waals surface area contributed by atoms with Gasteiger partial charge in [-0.3, -0.25) is 4.79 Å². The number of amides is 1. The molecule has 2 rings (SSSR count). The van der Waals surface area contributed by atoms with Gasteiger partial charge in [0.15, 0.2) is 5.03 Å². The highest BCUT2D eigenvalue weighted by molar-refractivity contribution is 7.89. The van der Waals surface area contributed by atoms with E-state index in [0.717, 1.165) is 25.7 Å². The minimum atomic E-state index is -3.86. The zero-order chi connectivity index (χ0) is 14.8.